The fourth-order valence-electron chi connectivity index (χ4n) is 3.08. The monoisotopic (exact) mass is 317 g/mol. The zero-order chi connectivity index (χ0) is 16.1. The average molecular weight is 317 g/mol. The molecule has 0 unspecified atom stereocenters. The lowest BCUT2D eigenvalue weighted by atomic mass is 10.2. The van der Waals surface area contributed by atoms with Gasteiger partial charge in [-0.15, -0.1) is 0 Å². The highest BCUT2D eigenvalue weighted by Gasteiger charge is 2.28. The molecule has 3 rings (SSSR count). The minimum Gasteiger partial charge on any atom is -0.379 e. The number of hydrogen-bond acceptors (Lipinski definition) is 4. The van der Waals surface area contributed by atoms with Crippen LogP contribution >= 0.6 is 0 Å². The molecule has 2 aliphatic rings. The number of carbonyl (C=O) groups is 2. The predicted octanol–water partition coefficient (Wildman–Crippen LogP) is 0.414. The van der Waals surface area contributed by atoms with Crippen LogP contribution in [0.5, 0.6) is 0 Å². The van der Waals surface area contributed by atoms with Crippen molar-refractivity contribution in [3.05, 3.63) is 29.8 Å². The van der Waals surface area contributed by atoms with Crippen LogP contribution in [0.1, 0.15) is 12.0 Å². The smallest absolute Gasteiger partial charge is 0.316 e. The maximum atomic E-state index is 12.3. The second kappa shape index (κ2) is 7.57. The molecule has 1 fully saturated rings. The summed E-state index contributed by atoms with van der Waals surface area (Å²) in [4.78, 5) is 28.2. The standard InChI is InChI=1S/C17H23N3O3/c21-16(18-7-3-8-19-10-12-23-13-11-19)17(22)20-9-6-14-4-1-2-5-15(14)20/h1-2,4-5H,3,6-13H2,(H,18,21). The Morgan fingerprint density at radius 1 is 1.13 bits per heavy atom. The van der Waals surface area contributed by atoms with Gasteiger partial charge in [-0.2, -0.15) is 0 Å². The summed E-state index contributed by atoms with van der Waals surface area (Å²) in [6.45, 7) is 5.47. The van der Waals surface area contributed by atoms with Crippen LogP contribution < -0.4 is 10.2 Å². The summed E-state index contributed by atoms with van der Waals surface area (Å²) in [5.41, 5.74) is 1.99. The summed E-state index contributed by atoms with van der Waals surface area (Å²) < 4.78 is 5.30. The Hall–Kier alpha value is -1.92. The molecule has 2 heterocycles. The van der Waals surface area contributed by atoms with Gasteiger partial charge >= 0.3 is 11.8 Å². The fraction of sp³-hybridized carbons (Fsp3) is 0.529. The molecule has 2 amide bonds. The number of fused-ring (bicyclic) bond motifs is 1. The van der Waals surface area contributed by atoms with E-state index in [0.29, 0.717) is 13.1 Å². The number of anilines is 1. The van der Waals surface area contributed by atoms with E-state index in [2.05, 4.69) is 10.2 Å². The van der Waals surface area contributed by atoms with Crippen molar-refractivity contribution in [3.63, 3.8) is 0 Å². The third-order valence-corrected chi connectivity index (χ3v) is 4.37. The summed E-state index contributed by atoms with van der Waals surface area (Å²) in [7, 11) is 0. The Bertz CT molecular complexity index is 570. The summed E-state index contributed by atoms with van der Waals surface area (Å²) in [6, 6.07) is 7.75. The van der Waals surface area contributed by atoms with Gasteiger partial charge in [0.05, 0.1) is 13.2 Å². The first-order chi connectivity index (χ1) is 11.3. The van der Waals surface area contributed by atoms with Crippen LogP contribution in [0.2, 0.25) is 0 Å². The number of hydrogen-bond donors (Lipinski definition) is 1. The Morgan fingerprint density at radius 2 is 1.91 bits per heavy atom. The number of para-hydroxylation sites is 1. The van der Waals surface area contributed by atoms with Gasteiger partial charge in [-0.25, -0.2) is 0 Å². The third kappa shape index (κ3) is 3.89. The maximum Gasteiger partial charge on any atom is 0.316 e. The van der Waals surface area contributed by atoms with Crippen LogP contribution in [0.25, 0.3) is 0 Å². The summed E-state index contributed by atoms with van der Waals surface area (Å²) in [5, 5.41) is 2.74. The molecule has 0 radical (unpaired) electrons. The van der Waals surface area contributed by atoms with Gasteiger partial charge in [-0.05, 0) is 31.0 Å². The zero-order valence-corrected chi connectivity index (χ0v) is 13.3. The number of nitrogens with zero attached hydrogens (tertiary/aromatic N) is 2. The van der Waals surface area contributed by atoms with Crippen molar-refractivity contribution in [3.8, 4) is 0 Å². The molecule has 0 bridgehead atoms. The van der Waals surface area contributed by atoms with Gasteiger partial charge in [0.1, 0.15) is 0 Å². The predicted molar refractivity (Wildman–Crippen MR) is 87.4 cm³/mol. The first-order valence-electron chi connectivity index (χ1n) is 8.23. The molecule has 124 valence electrons. The molecule has 6 nitrogen and oxygen atoms in total. The van der Waals surface area contributed by atoms with Gasteiger partial charge in [-0.3, -0.25) is 14.5 Å². The van der Waals surface area contributed by atoms with Crippen LogP contribution in [0.4, 0.5) is 5.69 Å². The molecule has 0 atom stereocenters. The van der Waals surface area contributed by atoms with Gasteiger partial charge in [0.25, 0.3) is 0 Å². The minimum atomic E-state index is -0.510. The molecule has 1 N–H and O–H groups in total. The van der Waals surface area contributed by atoms with Crippen molar-refractivity contribution in [2.75, 3.05) is 50.8 Å². The molecule has 23 heavy (non-hydrogen) atoms. The molecular formula is C17H23N3O3. The van der Waals surface area contributed by atoms with Crippen molar-refractivity contribution in [1.29, 1.82) is 0 Å². The first-order valence-corrected chi connectivity index (χ1v) is 8.23. The normalized spacial score (nSPS) is 17.8. The second-order valence-corrected chi connectivity index (χ2v) is 5.90. The van der Waals surface area contributed by atoms with Gasteiger partial charge in [-0.1, -0.05) is 18.2 Å². The Morgan fingerprint density at radius 3 is 2.74 bits per heavy atom. The van der Waals surface area contributed by atoms with E-state index in [1.54, 1.807) is 4.90 Å². The van der Waals surface area contributed by atoms with E-state index in [0.717, 1.165) is 56.9 Å². The number of morpholine rings is 1. The topological polar surface area (TPSA) is 61.9 Å². The highest BCUT2D eigenvalue weighted by Crippen LogP contribution is 2.27. The van der Waals surface area contributed by atoms with E-state index in [-0.39, 0.29) is 0 Å². The van der Waals surface area contributed by atoms with Crippen molar-refractivity contribution in [2.24, 2.45) is 0 Å². The van der Waals surface area contributed by atoms with Gasteiger partial charge in [0.15, 0.2) is 0 Å². The molecule has 0 spiro atoms. The Kier molecular flexibility index (Phi) is 5.25. The summed E-state index contributed by atoms with van der Waals surface area (Å²) >= 11 is 0. The number of ether oxygens (including phenoxy) is 1. The van der Waals surface area contributed by atoms with E-state index in [1.807, 2.05) is 24.3 Å². The summed E-state index contributed by atoms with van der Waals surface area (Å²) in [5.74, 6) is -0.968. The minimum absolute atomic E-state index is 0.457. The van der Waals surface area contributed by atoms with Gasteiger partial charge in [0, 0.05) is 31.9 Å². The number of rotatable bonds is 4. The number of nitrogens with one attached hydrogen (secondary N) is 1. The molecule has 2 aliphatic heterocycles. The van der Waals surface area contributed by atoms with Crippen LogP contribution in [0.15, 0.2) is 24.3 Å². The molecule has 0 saturated carbocycles. The molecule has 0 aliphatic carbocycles. The van der Waals surface area contributed by atoms with E-state index >= 15 is 0 Å². The van der Waals surface area contributed by atoms with Crippen molar-refractivity contribution < 1.29 is 14.3 Å². The number of amides is 2. The van der Waals surface area contributed by atoms with Crippen LogP contribution in [-0.2, 0) is 20.7 Å². The van der Waals surface area contributed by atoms with E-state index < -0.39 is 11.8 Å². The summed E-state index contributed by atoms with van der Waals surface area (Å²) in [6.07, 6.45) is 1.65. The number of benzene rings is 1. The lowest BCUT2D eigenvalue weighted by Crippen LogP contribution is -2.43. The van der Waals surface area contributed by atoms with Crippen LogP contribution in [0, 0.1) is 0 Å². The highest BCUT2D eigenvalue weighted by molar-refractivity contribution is 6.40. The molecule has 1 aromatic carbocycles. The molecule has 6 heteroatoms. The fourth-order valence-corrected chi connectivity index (χ4v) is 3.08. The van der Waals surface area contributed by atoms with Crippen molar-refractivity contribution >= 4 is 17.5 Å². The SMILES string of the molecule is O=C(NCCCN1CCOCC1)C(=O)N1CCc2ccccc21. The third-order valence-electron chi connectivity index (χ3n) is 4.37. The highest BCUT2D eigenvalue weighted by atomic mass is 16.5. The van der Waals surface area contributed by atoms with Gasteiger partial charge in [0.2, 0.25) is 0 Å². The van der Waals surface area contributed by atoms with E-state index in [4.69, 9.17) is 4.74 Å². The molecular weight excluding hydrogens is 294 g/mol. The number of carbonyl (C=O) groups excluding carboxylic acids is 2. The van der Waals surface area contributed by atoms with E-state index in [1.165, 1.54) is 0 Å². The average Bonchev–Trinajstić information content (AvgIpc) is 3.03. The van der Waals surface area contributed by atoms with Crippen molar-refractivity contribution in [1.82, 2.24) is 10.2 Å². The first kappa shape index (κ1) is 16.0. The largest absolute Gasteiger partial charge is 0.379 e. The Balaban J connectivity index is 1.42. The lowest BCUT2D eigenvalue weighted by molar-refractivity contribution is -0.137. The van der Waals surface area contributed by atoms with Gasteiger partial charge < -0.3 is 15.0 Å². The maximum absolute atomic E-state index is 12.3. The van der Waals surface area contributed by atoms with E-state index in [9.17, 15) is 9.59 Å². The second-order valence-electron chi connectivity index (χ2n) is 5.90. The lowest BCUT2D eigenvalue weighted by Gasteiger charge is -2.26. The molecule has 1 aromatic rings. The molecule has 1 saturated heterocycles. The molecule has 0 aromatic heterocycles. The quantitative estimate of drug-likeness (QED) is 0.646. The zero-order valence-electron chi connectivity index (χ0n) is 13.3. The van der Waals surface area contributed by atoms with Crippen molar-refractivity contribution in [2.45, 2.75) is 12.8 Å². The van der Waals surface area contributed by atoms with Crippen LogP contribution in [0.3, 0.4) is 0 Å². The van der Waals surface area contributed by atoms with Crippen LogP contribution in [-0.4, -0.2) is 62.7 Å². The Labute approximate surface area is 136 Å².